The molecule has 0 atom stereocenters. The molecule has 0 aliphatic rings. The zero-order chi connectivity index (χ0) is 23.2. The van der Waals surface area contributed by atoms with Gasteiger partial charge >= 0.3 is 0 Å². The Morgan fingerprint density at radius 3 is 2.28 bits per heavy atom. The minimum Gasteiger partial charge on any atom is -0.494 e. The van der Waals surface area contributed by atoms with E-state index in [1.54, 1.807) is 31.3 Å². The molecule has 0 aromatic heterocycles. The zero-order valence-corrected chi connectivity index (χ0v) is 19.7. The number of nitrogens with one attached hydrogen (secondary N) is 3. The van der Waals surface area contributed by atoms with Gasteiger partial charge in [0.05, 0.1) is 6.61 Å². The molecule has 2 amide bonds. The van der Waals surface area contributed by atoms with Gasteiger partial charge in [-0.3, -0.25) is 14.9 Å². The smallest absolute Gasteiger partial charge is 0.257 e. The number of carbonyl (C=O) groups excluding carboxylic acids is 2. The van der Waals surface area contributed by atoms with E-state index < -0.39 is 0 Å². The Hall–Kier alpha value is -2.93. The van der Waals surface area contributed by atoms with Gasteiger partial charge in [-0.2, -0.15) is 0 Å². The molecule has 2 aromatic rings. The van der Waals surface area contributed by atoms with Crippen molar-refractivity contribution in [1.29, 1.82) is 0 Å². The molecule has 32 heavy (non-hydrogen) atoms. The molecule has 0 aliphatic heterocycles. The van der Waals surface area contributed by atoms with Crippen LogP contribution in [0.15, 0.2) is 48.5 Å². The Labute approximate surface area is 196 Å². The Morgan fingerprint density at radius 2 is 1.62 bits per heavy atom. The number of amides is 2. The predicted octanol–water partition coefficient (Wildman–Crippen LogP) is 4.84. The van der Waals surface area contributed by atoms with Crippen LogP contribution in [0, 0.1) is 0 Å². The van der Waals surface area contributed by atoms with Crippen LogP contribution in [0.1, 0.15) is 61.4 Å². The first kappa shape index (κ1) is 25.3. The minimum atomic E-state index is -0.282. The standard InChI is InChI=1S/C25H33N3O3S/c1-3-4-5-6-7-18-31-22-15-11-20(12-16-22)24(30)28-25(32)27-21-13-8-19(9-14-21)10-17-23(29)26-2/h8-9,11-16H,3-7,10,17-18H2,1-2H3,(H,26,29)(H2,27,28,30,32). The topological polar surface area (TPSA) is 79.5 Å². The van der Waals surface area contributed by atoms with Crippen LogP contribution in [0.4, 0.5) is 5.69 Å². The SMILES string of the molecule is CCCCCCCOc1ccc(C(=O)NC(=S)Nc2ccc(CCC(=O)NC)cc2)cc1. The quantitative estimate of drug-likeness (QED) is 0.315. The number of unbranched alkanes of at least 4 members (excludes halogenated alkanes) is 4. The van der Waals surface area contributed by atoms with Gasteiger partial charge in [0.25, 0.3) is 5.91 Å². The third-order valence-corrected chi connectivity index (χ3v) is 5.20. The molecule has 0 heterocycles. The molecule has 0 aliphatic carbocycles. The van der Waals surface area contributed by atoms with Crippen molar-refractivity contribution in [2.24, 2.45) is 0 Å². The van der Waals surface area contributed by atoms with E-state index in [1.165, 1.54) is 25.7 Å². The van der Waals surface area contributed by atoms with E-state index in [4.69, 9.17) is 17.0 Å². The molecular formula is C25H33N3O3S. The molecule has 2 rings (SSSR count). The maximum atomic E-state index is 12.4. The lowest BCUT2D eigenvalue weighted by molar-refractivity contribution is -0.120. The molecule has 0 unspecified atom stereocenters. The second-order valence-corrected chi connectivity index (χ2v) is 7.97. The van der Waals surface area contributed by atoms with Gasteiger partial charge in [-0.15, -0.1) is 0 Å². The van der Waals surface area contributed by atoms with Crippen molar-refractivity contribution in [2.45, 2.75) is 51.9 Å². The summed E-state index contributed by atoms with van der Waals surface area (Å²) in [4.78, 5) is 23.8. The molecule has 6 nitrogen and oxygen atoms in total. The highest BCUT2D eigenvalue weighted by Crippen LogP contribution is 2.14. The molecule has 0 bridgehead atoms. The van der Waals surface area contributed by atoms with Crippen molar-refractivity contribution in [1.82, 2.24) is 10.6 Å². The number of rotatable bonds is 12. The summed E-state index contributed by atoms with van der Waals surface area (Å²) in [6.45, 7) is 2.89. The fourth-order valence-electron chi connectivity index (χ4n) is 3.07. The molecule has 0 saturated carbocycles. The Bertz CT molecular complexity index is 867. The van der Waals surface area contributed by atoms with E-state index in [0.717, 1.165) is 23.4 Å². The Balaban J connectivity index is 1.74. The van der Waals surface area contributed by atoms with Gasteiger partial charge in [0.1, 0.15) is 5.75 Å². The van der Waals surface area contributed by atoms with Gasteiger partial charge in [0, 0.05) is 24.7 Å². The van der Waals surface area contributed by atoms with E-state index in [0.29, 0.717) is 25.0 Å². The number of carbonyl (C=O) groups is 2. The first-order valence-electron chi connectivity index (χ1n) is 11.2. The zero-order valence-electron chi connectivity index (χ0n) is 18.9. The highest BCUT2D eigenvalue weighted by molar-refractivity contribution is 7.80. The second-order valence-electron chi connectivity index (χ2n) is 7.57. The number of thiocarbonyl (C=S) groups is 1. The van der Waals surface area contributed by atoms with Gasteiger partial charge in [0.15, 0.2) is 5.11 Å². The van der Waals surface area contributed by atoms with Crippen LogP contribution in [0.5, 0.6) is 5.75 Å². The lowest BCUT2D eigenvalue weighted by Crippen LogP contribution is -2.34. The third-order valence-electron chi connectivity index (χ3n) is 4.99. The maximum Gasteiger partial charge on any atom is 0.257 e. The van der Waals surface area contributed by atoms with E-state index in [1.807, 2.05) is 24.3 Å². The van der Waals surface area contributed by atoms with E-state index in [2.05, 4.69) is 22.9 Å². The van der Waals surface area contributed by atoms with Crippen molar-refractivity contribution in [2.75, 3.05) is 19.0 Å². The van der Waals surface area contributed by atoms with E-state index in [-0.39, 0.29) is 16.9 Å². The summed E-state index contributed by atoms with van der Waals surface area (Å²) < 4.78 is 5.74. The van der Waals surface area contributed by atoms with Crippen molar-refractivity contribution in [3.63, 3.8) is 0 Å². The third kappa shape index (κ3) is 9.47. The van der Waals surface area contributed by atoms with Crippen LogP contribution in [-0.4, -0.2) is 30.6 Å². The lowest BCUT2D eigenvalue weighted by Gasteiger charge is -2.11. The van der Waals surface area contributed by atoms with Crippen LogP contribution >= 0.6 is 12.2 Å². The van der Waals surface area contributed by atoms with Crippen molar-refractivity contribution >= 4 is 34.8 Å². The van der Waals surface area contributed by atoms with Crippen LogP contribution in [0.2, 0.25) is 0 Å². The van der Waals surface area contributed by atoms with Crippen LogP contribution in [-0.2, 0) is 11.2 Å². The average molecular weight is 456 g/mol. The van der Waals surface area contributed by atoms with Crippen molar-refractivity contribution < 1.29 is 14.3 Å². The highest BCUT2D eigenvalue weighted by Gasteiger charge is 2.09. The fraction of sp³-hybridized carbons (Fsp3) is 0.400. The van der Waals surface area contributed by atoms with Gasteiger partial charge < -0.3 is 15.4 Å². The number of ether oxygens (including phenoxy) is 1. The summed E-state index contributed by atoms with van der Waals surface area (Å²) in [5.74, 6) is 0.489. The van der Waals surface area contributed by atoms with Crippen LogP contribution in [0.25, 0.3) is 0 Å². The van der Waals surface area contributed by atoms with Gasteiger partial charge in [-0.25, -0.2) is 0 Å². The molecule has 172 valence electrons. The average Bonchev–Trinajstić information content (AvgIpc) is 2.81. The first-order valence-corrected chi connectivity index (χ1v) is 11.6. The van der Waals surface area contributed by atoms with Crippen LogP contribution in [0.3, 0.4) is 0 Å². The number of hydrogen-bond donors (Lipinski definition) is 3. The Kier molecular flexibility index (Phi) is 11.2. The Morgan fingerprint density at radius 1 is 0.938 bits per heavy atom. The number of aryl methyl sites for hydroxylation is 1. The molecule has 0 saturated heterocycles. The van der Waals surface area contributed by atoms with Gasteiger partial charge in [0.2, 0.25) is 5.91 Å². The number of anilines is 1. The summed E-state index contributed by atoms with van der Waals surface area (Å²) >= 11 is 5.25. The molecule has 0 radical (unpaired) electrons. The van der Waals surface area contributed by atoms with Gasteiger partial charge in [-0.05, 0) is 67.0 Å². The summed E-state index contributed by atoms with van der Waals surface area (Å²) in [5, 5.41) is 8.52. The molecule has 3 N–H and O–H groups in total. The summed E-state index contributed by atoms with van der Waals surface area (Å²) in [6.07, 6.45) is 7.07. The fourth-order valence-corrected chi connectivity index (χ4v) is 3.28. The van der Waals surface area contributed by atoms with E-state index in [9.17, 15) is 9.59 Å². The summed E-state index contributed by atoms with van der Waals surface area (Å²) in [5.41, 5.74) is 2.33. The van der Waals surface area contributed by atoms with Crippen molar-refractivity contribution in [3.05, 3.63) is 59.7 Å². The minimum absolute atomic E-state index is 0.0121. The summed E-state index contributed by atoms with van der Waals surface area (Å²) in [7, 11) is 1.63. The lowest BCUT2D eigenvalue weighted by atomic mass is 10.1. The molecular weight excluding hydrogens is 422 g/mol. The maximum absolute atomic E-state index is 12.4. The number of hydrogen-bond acceptors (Lipinski definition) is 4. The second kappa shape index (κ2) is 14.2. The first-order chi connectivity index (χ1) is 15.5. The van der Waals surface area contributed by atoms with Crippen molar-refractivity contribution in [3.8, 4) is 5.75 Å². The highest BCUT2D eigenvalue weighted by atomic mass is 32.1. The van der Waals surface area contributed by atoms with Gasteiger partial charge in [-0.1, -0.05) is 44.7 Å². The molecule has 0 spiro atoms. The molecule has 7 heteroatoms. The summed E-state index contributed by atoms with van der Waals surface area (Å²) in [6, 6.07) is 14.6. The molecule has 2 aromatic carbocycles. The van der Waals surface area contributed by atoms with Crippen LogP contribution < -0.4 is 20.7 Å². The largest absolute Gasteiger partial charge is 0.494 e. The monoisotopic (exact) mass is 455 g/mol. The predicted molar refractivity (Wildman–Crippen MR) is 133 cm³/mol. The molecule has 0 fully saturated rings. The number of benzene rings is 2. The van der Waals surface area contributed by atoms with E-state index >= 15 is 0 Å². The normalized spacial score (nSPS) is 10.3.